The summed E-state index contributed by atoms with van der Waals surface area (Å²) in [5, 5.41) is 5.73. The van der Waals surface area contributed by atoms with Gasteiger partial charge in [0, 0.05) is 5.69 Å². The molecule has 1 atom stereocenters. The first-order valence-corrected chi connectivity index (χ1v) is 8.64. The average molecular weight is 382 g/mol. The smallest absolute Gasteiger partial charge is 0.340 e. The van der Waals surface area contributed by atoms with E-state index in [1.807, 2.05) is 0 Å². The van der Waals surface area contributed by atoms with E-state index >= 15 is 0 Å². The molecule has 0 aliphatic rings. The Labute approximate surface area is 161 Å². The van der Waals surface area contributed by atoms with Crippen LogP contribution in [0.15, 0.2) is 71.3 Å². The van der Waals surface area contributed by atoms with Crippen LogP contribution in [0.3, 0.4) is 0 Å². The van der Waals surface area contributed by atoms with Crippen LogP contribution in [0.5, 0.6) is 0 Å². The number of hydrogen-bond acceptors (Lipinski definition) is 5. The van der Waals surface area contributed by atoms with Gasteiger partial charge in [0.15, 0.2) is 6.61 Å². The molecule has 1 amide bonds. The van der Waals surface area contributed by atoms with Gasteiger partial charge in [-0.05, 0) is 55.5 Å². The zero-order chi connectivity index (χ0) is 19.9. The number of amides is 1. The number of carbonyl (C=O) groups is 2. The molecule has 0 saturated carbocycles. The quantitative estimate of drug-likeness (QED) is 0.599. The number of furan rings is 1. The molecule has 1 heterocycles. The Bertz CT molecular complexity index is 939. The lowest BCUT2D eigenvalue weighted by molar-refractivity contribution is -0.125. The molecule has 0 spiro atoms. The molecule has 1 aromatic heterocycles. The second-order valence-corrected chi connectivity index (χ2v) is 6.06. The standard InChI is InChI=1S/C21H19FN2O4/c1-14(19-7-4-12-27-19)23-20(25)13-28-21(26)17-5-2-3-6-18(17)24-16-10-8-15(22)9-11-16/h2-12,14,24H,13H2,1H3,(H,23,25). The number of benzene rings is 2. The van der Waals surface area contributed by atoms with Gasteiger partial charge in [0.25, 0.3) is 5.91 Å². The first kappa shape index (κ1) is 19.2. The van der Waals surface area contributed by atoms with Gasteiger partial charge in [-0.2, -0.15) is 0 Å². The fourth-order valence-corrected chi connectivity index (χ4v) is 2.56. The number of anilines is 2. The van der Waals surface area contributed by atoms with E-state index in [1.54, 1.807) is 55.5 Å². The number of ether oxygens (including phenoxy) is 1. The number of hydrogen-bond donors (Lipinski definition) is 2. The van der Waals surface area contributed by atoms with Crippen LogP contribution in [0.25, 0.3) is 0 Å². The van der Waals surface area contributed by atoms with E-state index < -0.39 is 18.5 Å². The molecular weight excluding hydrogens is 363 g/mol. The number of para-hydroxylation sites is 1. The molecule has 2 aromatic carbocycles. The number of esters is 1. The normalized spacial score (nSPS) is 11.5. The van der Waals surface area contributed by atoms with Crippen molar-refractivity contribution in [3.8, 4) is 0 Å². The zero-order valence-electron chi connectivity index (χ0n) is 15.1. The maximum atomic E-state index is 13.0. The van der Waals surface area contributed by atoms with Crippen LogP contribution in [0.2, 0.25) is 0 Å². The van der Waals surface area contributed by atoms with Gasteiger partial charge in [-0.25, -0.2) is 9.18 Å². The van der Waals surface area contributed by atoms with E-state index in [2.05, 4.69) is 10.6 Å². The van der Waals surface area contributed by atoms with Crippen molar-refractivity contribution in [1.82, 2.24) is 5.32 Å². The number of rotatable bonds is 7. The van der Waals surface area contributed by atoms with Gasteiger partial charge in [0.1, 0.15) is 11.6 Å². The second-order valence-electron chi connectivity index (χ2n) is 6.06. The maximum Gasteiger partial charge on any atom is 0.340 e. The lowest BCUT2D eigenvalue weighted by Crippen LogP contribution is -2.31. The van der Waals surface area contributed by atoms with E-state index in [4.69, 9.17) is 9.15 Å². The van der Waals surface area contributed by atoms with Crippen LogP contribution in [0, 0.1) is 5.82 Å². The maximum absolute atomic E-state index is 13.0. The van der Waals surface area contributed by atoms with Gasteiger partial charge in [-0.1, -0.05) is 12.1 Å². The van der Waals surface area contributed by atoms with Gasteiger partial charge in [0.05, 0.1) is 23.6 Å². The molecule has 0 bridgehead atoms. The molecule has 0 radical (unpaired) electrons. The van der Waals surface area contributed by atoms with E-state index in [9.17, 15) is 14.0 Å². The zero-order valence-corrected chi connectivity index (χ0v) is 15.1. The molecule has 28 heavy (non-hydrogen) atoms. The molecule has 2 N–H and O–H groups in total. The van der Waals surface area contributed by atoms with Crippen molar-refractivity contribution in [2.45, 2.75) is 13.0 Å². The van der Waals surface area contributed by atoms with Crippen molar-refractivity contribution in [2.75, 3.05) is 11.9 Å². The van der Waals surface area contributed by atoms with Crippen molar-refractivity contribution >= 4 is 23.3 Å². The molecule has 3 aromatic rings. The van der Waals surface area contributed by atoms with Crippen LogP contribution >= 0.6 is 0 Å². The molecule has 6 nitrogen and oxygen atoms in total. The summed E-state index contributed by atoms with van der Waals surface area (Å²) in [6.45, 7) is 1.34. The molecule has 1 unspecified atom stereocenters. The summed E-state index contributed by atoms with van der Waals surface area (Å²) in [7, 11) is 0. The summed E-state index contributed by atoms with van der Waals surface area (Å²) in [6, 6.07) is 15.6. The highest BCUT2D eigenvalue weighted by molar-refractivity contribution is 5.97. The third kappa shape index (κ3) is 4.97. The third-order valence-corrected chi connectivity index (χ3v) is 3.95. The Balaban J connectivity index is 1.59. The predicted molar refractivity (Wildman–Crippen MR) is 102 cm³/mol. The Kier molecular flexibility index (Phi) is 6.06. The van der Waals surface area contributed by atoms with Crippen LogP contribution in [-0.4, -0.2) is 18.5 Å². The highest BCUT2D eigenvalue weighted by Crippen LogP contribution is 2.22. The van der Waals surface area contributed by atoms with E-state index in [0.29, 0.717) is 17.1 Å². The van der Waals surface area contributed by atoms with Gasteiger partial charge in [0.2, 0.25) is 0 Å². The SMILES string of the molecule is CC(NC(=O)COC(=O)c1ccccc1Nc1ccc(F)cc1)c1ccco1. The van der Waals surface area contributed by atoms with Crippen molar-refractivity contribution in [3.63, 3.8) is 0 Å². The van der Waals surface area contributed by atoms with Crippen molar-refractivity contribution in [2.24, 2.45) is 0 Å². The largest absolute Gasteiger partial charge is 0.467 e. The Morgan fingerprint density at radius 2 is 1.82 bits per heavy atom. The van der Waals surface area contributed by atoms with E-state index in [1.165, 1.54) is 18.4 Å². The van der Waals surface area contributed by atoms with Crippen molar-refractivity contribution in [1.29, 1.82) is 0 Å². The summed E-state index contributed by atoms with van der Waals surface area (Å²) in [5.74, 6) is -0.839. The summed E-state index contributed by atoms with van der Waals surface area (Å²) >= 11 is 0. The molecule has 0 saturated heterocycles. The monoisotopic (exact) mass is 382 g/mol. The number of carbonyl (C=O) groups excluding carboxylic acids is 2. The Morgan fingerprint density at radius 3 is 2.54 bits per heavy atom. The fraction of sp³-hybridized carbons (Fsp3) is 0.143. The molecule has 0 aliphatic heterocycles. The minimum atomic E-state index is -0.647. The van der Waals surface area contributed by atoms with Gasteiger partial charge in [-0.15, -0.1) is 0 Å². The first-order valence-electron chi connectivity index (χ1n) is 8.64. The highest BCUT2D eigenvalue weighted by Gasteiger charge is 2.16. The van der Waals surface area contributed by atoms with E-state index in [0.717, 1.165) is 0 Å². The summed E-state index contributed by atoms with van der Waals surface area (Å²) in [4.78, 5) is 24.4. The topological polar surface area (TPSA) is 80.6 Å². The Hall–Kier alpha value is -3.61. The summed E-state index contributed by atoms with van der Waals surface area (Å²) in [5.41, 5.74) is 1.37. The Morgan fingerprint density at radius 1 is 1.07 bits per heavy atom. The minimum absolute atomic E-state index is 0.263. The molecule has 7 heteroatoms. The number of halogens is 1. The van der Waals surface area contributed by atoms with Crippen LogP contribution in [0.4, 0.5) is 15.8 Å². The minimum Gasteiger partial charge on any atom is -0.467 e. The average Bonchev–Trinajstić information content (AvgIpc) is 3.23. The van der Waals surface area contributed by atoms with Crippen LogP contribution in [-0.2, 0) is 9.53 Å². The van der Waals surface area contributed by atoms with Crippen molar-refractivity contribution < 1.29 is 23.1 Å². The molecule has 144 valence electrons. The fourth-order valence-electron chi connectivity index (χ4n) is 2.56. The third-order valence-electron chi connectivity index (χ3n) is 3.95. The van der Waals surface area contributed by atoms with Gasteiger partial charge < -0.3 is 19.8 Å². The molecule has 0 fully saturated rings. The van der Waals surface area contributed by atoms with Crippen LogP contribution in [0.1, 0.15) is 29.1 Å². The molecule has 0 aliphatic carbocycles. The molecular formula is C21H19FN2O4. The molecule has 3 rings (SSSR count). The van der Waals surface area contributed by atoms with Gasteiger partial charge in [-0.3, -0.25) is 4.79 Å². The van der Waals surface area contributed by atoms with Crippen molar-refractivity contribution in [3.05, 3.63) is 84.1 Å². The lowest BCUT2D eigenvalue weighted by atomic mass is 10.1. The van der Waals surface area contributed by atoms with E-state index in [-0.39, 0.29) is 17.4 Å². The predicted octanol–water partition coefficient (Wildman–Crippen LogP) is 4.20. The summed E-state index contributed by atoms with van der Waals surface area (Å²) < 4.78 is 23.4. The highest BCUT2D eigenvalue weighted by atomic mass is 19.1. The second kappa shape index (κ2) is 8.85. The first-order chi connectivity index (χ1) is 13.5. The lowest BCUT2D eigenvalue weighted by Gasteiger charge is -2.13. The van der Waals surface area contributed by atoms with Gasteiger partial charge >= 0.3 is 5.97 Å². The summed E-state index contributed by atoms with van der Waals surface area (Å²) in [6.07, 6.45) is 1.52. The number of nitrogens with one attached hydrogen (secondary N) is 2. The van der Waals surface area contributed by atoms with Crippen LogP contribution < -0.4 is 10.6 Å².